The average Bonchev–Trinajstić information content (AvgIpc) is 3.15. The Bertz CT molecular complexity index is 1010. The fourth-order valence-corrected chi connectivity index (χ4v) is 7.10. The van der Waals surface area contributed by atoms with Crippen LogP contribution in [0.5, 0.6) is 0 Å². The van der Waals surface area contributed by atoms with Gasteiger partial charge in [-0.25, -0.2) is 4.57 Å². The van der Waals surface area contributed by atoms with Crippen LogP contribution in [0.25, 0.3) is 0 Å². The molecule has 0 rings (SSSR count). The van der Waals surface area contributed by atoms with Gasteiger partial charge in [-0.2, -0.15) is 0 Å². The van der Waals surface area contributed by atoms with Crippen molar-refractivity contribution in [2.45, 2.75) is 213 Å². The average molecular weight is 815 g/mol. The summed E-state index contributed by atoms with van der Waals surface area (Å²) in [6.07, 6.45) is 42.2. The summed E-state index contributed by atoms with van der Waals surface area (Å²) in [5, 5.41) is 0. The molecule has 0 saturated heterocycles. The molecule has 2 atom stereocenters. The van der Waals surface area contributed by atoms with Crippen molar-refractivity contribution in [2.75, 3.05) is 47.5 Å². The standard InChI is InChI=1S/C46H88NO8P/c1-6-8-10-12-14-16-18-20-22-23-25-26-28-30-32-34-36-38-45(48)52-42-44(43-54-56(50,51)53-41-40-47(3,4)5)55-46(49)39-37-35-33-31-29-27-24-21-19-17-15-13-11-9-7-2/h17,19,21,24,44H,6-16,18,20,22-23,25-43H2,1-5H3/p+1/b19-17+,24-21+/t44-/m1/s1. The highest BCUT2D eigenvalue weighted by molar-refractivity contribution is 7.47. The zero-order valence-electron chi connectivity index (χ0n) is 37.1. The highest BCUT2D eigenvalue weighted by Crippen LogP contribution is 2.43. The normalized spacial score (nSPS) is 13.8. The number of carbonyl (C=O) groups excluding carboxylic acids is 2. The van der Waals surface area contributed by atoms with E-state index in [1.807, 2.05) is 21.1 Å². The van der Waals surface area contributed by atoms with E-state index in [0.717, 1.165) is 57.8 Å². The van der Waals surface area contributed by atoms with Gasteiger partial charge in [0, 0.05) is 12.8 Å². The fraction of sp³-hybridized carbons (Fsp3) is 0.870. The summed E-state index contributed by atoms with van der Waals surface area (Å²) in [6.45, 7) is 4.41. The molecule has 0 aliphatic rings. The summed E-state index contributed by atoms with van der Waals surface area (Å²) in [4.78, 5) is 35.4. The largest absolute Gasteiger partial charge is 0.472 e. The van der Waals surface area contributed by atoms with Crippen molar-refractivity contribution in [1.29, 1.82) is 0 Å². The number of allylic oxidation sites excluding steroid dienone is 4. The number of carbonyl (C=O) groups is 2. The van der Waals surface area contributed by atoms with Crippen LogP contribution in [0.4, 0.5) is 0 Å². The van der Waals surface area contributed by atoms with E-state index in [2.05, 4.69) is 38.2 Å². The van der Waals surface area contributed by atoms with E-state index in [9.17, 15) is 19.0 Å². The van der Waals surface area contributed by atoms with Crippen LogP contribution < -0.4 is 0 Å². The molecule has 1 unspecified atom stereocenters. The van der Waals surface area contributed by atoms with Gasteiger partial charge in [0.05, 0.1) is 27.7 Å². The Morgan fingerprint density at radius 2 is 0.946 bits per heavy atom. The first-order valence-corrected chi connectivity index (χ1v) is 24.6. The number of ether oxygens (including phenoxy) is 2. The molecule has 0 spiro atoms. The minimum absolute atomic E-state index is 0.0304. The Morgan fingerprint density at radius 1 is 0.554 bits per heavy atom. The van der Waals surface area contributed by atoms with Crippen molar-refractivity contribution in [3.63, 3.8) is 0 Å². The zero-order chi connectivity index (χ0) is 41.4. The van der Waals surface area contributed by atoms with Gasteiger partial charge in [-0.15, -0.1) is 0 Å². The van der Waals surface area contributed by atoms with Crippen molar-refractivity contribution in [1.82, 2.24) is 0 Å². The maximum Gasteiger partial charge on any atom is 0.472 e. The summed E-state index contributed by atoms with van der Waals surface area (Å²) in [6, 6.07) is 0. The summed E-state index contributed by atoms with van der Waals surface area (Å²) in [5.41, 5.74) is 0. The smallest absolute Gasteiger partial charge is 0.462 e. The second-order valence-corrected chi connectivity index (χ2v) is 18.3. The van der Waals surface area contributed by atoms with Crippen LogP contribution in [0.3, 0.4) is 0 Å². The lowest BCUT2D eigenvalue weighted by atomic mass is 10.0. The third kappa shape index (κ3) is 42.1. The van der Waals surface area contributed by atoms with Gasteiger partial charge in [0.2, 0.25) is 0 Å². The van der Waals surface area contributed by atoms with Gasteiger partial charge >= 0.3 is 19.8 Å². The molecule has 0 radical (unpaired) electrons. The van der Waals surface area contributed by atoms with Crippen LogP contribution in [0.1, 0.15) is 206 Å². The lowest BCUT2D eigenvalue weighted by molar-refractivity contribution is -0.870. The van der Waals surface area contributed by atoms with Crippen LogP contribution in [-0.2, 0) is 32.7 Å². The summed E-state index contributed by atoms with van der Waals surface area (Å²) in [5.74, 6) is -0.808. The van der Waals surface area contributed by atoms with E-state index in [-0.39, 0.29) is 25.6 Å². The number of hydrogen-bond donors (Lipinski definition) is 1. The summed E-state index contributed by atoms with van der Waals surface area (Å²) < 4.78 is 34.3. The Labute approximate surface area is 345 Å². The molecule has 9 nitrogen and oxygen atoms in total. The second-order valence-electron chi connectivity index (χ2n) is 16.8. The molecule has 0 aromatic heterocycles. The number of hydrogen-bond acceptors (Lipinski definition) is 7. The van der Waals surface area contributed by atoms with Gasteiger partial charge in [0.15, 0.2) is 6.10 Å². The number of unbranched alkanes of at least 4 members (excludes halogenated alkanes) is 25. The van der Waals surface area contributed by atoms with Crippen LogP contribution in [0.15, 0.2) is 24.3 Å². The second kappa shape index (κ2) is 39.0. The number of nitrogens with zero attached hydrogens (tertiary/aromatic N) is 1. The number of esters is 2. The van der Waals surface area contributed by atoms with Gasteiger partial charge in [-0.3, -0.25) is 18.6 Å². The van der Waals surface area contributed by atoms with E-state index in [0.29, 0.717) is 23.9 Å². The number of likely N-dealkylation sites (N-methyl/N-ethyl adjacent to an activating group) is 1. The van der Waals surface area contributed by atoms with Crippen molar-refractivity contribution < 1.29 is 42.1 Å². The molecule has 1 N–H and O–H groups in total. The Kier molecular flexibility index (Phi) is 37.9. The molecule has 56 heavy (non-hydrogen) atoms. The minimum atomic E-state index is -4.38. The Hall–Kier alpha value is -1.51. The van der Waals surface area contributed by atoms with Crippen LogP contribution in [0, 0.1) is 0 Å². The molecule has 10 heteroatoms. The SMILES string of the molecule is CCCCCC/C=C/C=C/CCCCCCCC(=O)O[C@H](COC(=O)CCCCCCCCCCCCCCCCCCC)COP(=O)(O)OCC[N+](C)(C)C. The number of phosphoric acid groups is 1. The highest BCUT2D eigenvalue weighted by Gasteiger charge is 2.27. The van der Waals surface area contributed by atoms with Gasteiger partial charge in [0.25, 0.3) is 0 Å². The van der Waals surface area contributed by atoms with Crippen molar-refractivity contribution in [2.24, 2.45) is 0 Å². The highest BCUT2D eigenvalue weighted by atomic mass is 31.2. The van der Waals surface area contributed by atoms with Gasteiger partial charge < -0.3 is 18.9 Å². The van der Waals surface area contributed by atoms with Crippen molar-refractivity contribution in [3.05, 3.63) is 24.3 Å². The molecule has 0 aromatic carbocycles. The molecule has 330 valence electrons. The van der Waals surface area contributed by atoms with Crippen LogP contribution >= 0.6 is 7.82 Å². The van der Waals surface area contributed by atoms with Crippen molar-refractivity contribution in [3.8, 4) is 0 Å². The molecular weight excluding hydrogens is 725 g/mol. The van der Waals surface area contributed by atoms with Crippen molar-refractivity contribution >= 4 is 19.8 Å². The van der Waals surface area contributed by atoms with E-state index in [1.165, 1.54) is 116 Å². The van der Waals surface area contributed by atoms with Gasteiger partial charge in [-0.1, -0.05) is 179 Å². The van der Waals surface area contributed by atoms with E-state index < -0.39 is 26.5 Å². The molecule has 0 aromatic rings. The first kappa shape index (κ1) is 54.5. The molecular formula is C46H89NO8P+. The zero-order valence-corrected chi connectivity index (χ0v) is 38.0. The molecule has 0 saturated carbocycles. The lowest BCUT2D eigenvalue weighted by Gasteiger charge is -2.24. The first-order valence-electron chi connectivity index (χ1n) is 23.1. The number of quaternary nitrogens is 1. The maximum absolute atomic E-state index is 12.7. The summed E-state index contributed by atoms with van der Waals surface area (Å²) >= 11 is 0. The van der Waals surface area contributed by atoms with Crippen LogP contribution in [0.2, 0.25) is 0 Å². The topological polar surface area (TPSA) is 108 Å². The Balaban J connectivity index is 4.33. The predicted molar refractivity (Wildman–Crippen MR) is 234 cm³/mol. The molecule has 0 heterocycles. The fourth-order valence-electron chi connectivity index (χ4n) is 6.36. The van der Waals surface area contributed by atoms with E-state index >= 15 is 0 Å². The first-order chi connectivity index (χ1) is 27.0. The molecule has 0 amide bonds. The Morgan fingerprint density at radius 3 is 1.39 bits per heavy atom. The minimum Gasteiger partial charge on any atom is -0.462 e. The third-order valence-corrected chi connectivity index (χ3v) is 11.0. The quantitative estimate of drug-likeness (QED) is 0.0213. The van der Waals surface area contributed by atoms with Gasteiger partial charge in [-0.05, 0) is 38.5 Å². The lowest BCUT2D eigenvalue weighted by Crippen LogP contribution is -2.37. The molecule has 0 bridgehead atoms. The monoisotopic (exact) mass is 815 g/mol. The summed E-state index contributed by atoms with van der Waals surface area (Å²) in [7, 11) is 1.47. The molecule has 0 fully saturated rings. The van der Waals surface area contributed by atoms with Gasteiger partial charge in [0.1, 0.15) is 19.8 Å². The number of phosphoric ester groups is 1. The predicted octanol–water partition coefficient (Wildman–Crippen LogP) is 13.1. The molecule has 0 aliphatic carbocycles. The number of rotatable bonds is 42. The van der Waals surface area contributed by atoms with Crippen LogP contribution in [-0.4, -0.2) is 74.9 Å². The van der Waals surface area contributed by atoms with E-state index in [4.69, 9.17) is 18.5 Å². The maximum atomic E-state index is 12.7. The third-order valence-electron chi connectivity index (χ3n) is 10.0. The molecule has 0 aliphatic heterocycles. The van der Waals surface area contributed by atoms with E-state index in [1.54, 1.807) is 0 Å².